The lowest BCUT2D eigenvalue weighted by molar-refractivity contribution is 0.114. The Morgan fingerprint density at radius 3 is 2.67 bits per heavy atom. The molecule has 0 saturated heterocycles. The Morgan fingerprint density at radius 2 is 2.00 bits per heavy atom. The summed E-state index contributed by atoms with van der Waals surface area (Å²) < 4.78 is 1.29. The Morgan fingerprint density at radius 1 is 1.29 bits per heavy atom. The molecule has 0 bridgehead atoms. The van der Waals surface area contributed by atoms with E-state index in [4.69, 9.17) is 10.7 Å². The molecule has 1 unspecified atom stereocenters. The van der Waals surface area contributed by atoms with Crippen LogP contribution in [0.25, 0.3) is 10.2 Å². The monoisotopic (exact) mass is 303 g/mol. The van der Waals surface area contributed by atoms with Crippen molar-refractivity contribution >= 4 is 21.6 Å². The van der Waals surface area contributed by atoms with Crippen molar-refractivity contribution in [2.45, 2.75) is 57.7 Å². The molecule has 4 heteroatoms. The van der Waals surface area contributed by atoms with E-state index in [9.17, 15) is 0 Å². The van der Waals surface area contributed by atoms with Gasteiger partial charge in [-0.1, -0.05) is 19.1 Å². The summed E-state index contributed by atoms with van der Waals surface area (Å²) in [7, 11) is 0. The van der Waals surface area contributed by atoms with Crippen molar-refractivity contribution in [1.82, 2.24) is 9.88 Å². The fourth-order valence-electron chi connectivity index (χ4n) is 3.49. The molecular formula is C17H25N3S. The molecule has 1 atom stereocenters. The summed E-state index contributed by atoms with van der Waals surface area (Å²) in [6, 6.07) is 9.91. The second kappa shape index (κ2) is 6.42. The van der Waals surface area contributed by atoms with Gasteiger partial charge in [0, 0.05) is 12.1 Å². The smallest absolute Gasteiger partial charge is 0.111 e. The van der Waals surface area contributed by atoms with Gasteiger partial charge in [0.25, 0.3) is 0 Å². The summed E-state index contributed by atoms with van der Waals surface area (Å²) in [5, 5.41) is 1.24. The highest BCUT2D eigenvalue weighted by Gasteiger charge is 2.28. The van der Waals surface area contributed by atoms with E-state index in [0.29, 0.717) is 18.1 Å². The van der Waals surface area contributed by atoms with E-state index in [1.165, 1.54) is 22.5 Å². The van der Waals surface area contributed by atoms with Crippen molar-refractivity contribution in [3.63, 3.8) is 0 Å². The minimum absolute atomic E-state index is 0.395. The van der Waals surface area contributed by atoms with E-state index in [1.807, 2.05) is 11.3 Å². The first-order valence-electron chi connectivity index (χ1n) is 8.05. The van der Waals surface area contributed by atoms with E-state index in [1.54, 1.807) is 0 Å². The minimum Gasteiger partial charge on any atom is -0.328 e. The molecule has 0 aliphatic heterocycles. The number of hydrogen-bond donors (Lipinski definition) is 1. The zero-order chi connectivity index (χ0) is 14.8. The van der Waals surface area contributed by atoms with Crippen LogP contribution in [-0.4, -0.2) is 28.5 Å². The quantitative estimate of drug-likeness (QED) is 0.930. The van der Waals surface area contributed by atoms with Crippen LogP contribution in [0.5, 0.6) is 0 Å². The molecule has 2 aromatic rings. The minimum atomic E-state index is 0.395. The van der Waals surface area contributed by atoms with Crippen molar-refractivity contribution in [3.05, 3.63) is 29.3 Å². The molecule has 2 N–H and O–H groups in total. The average molecular weight is 303 g/mol. The van der Waals surface area contributed by atoms with E-state index < -0.39 is 0 Å². The van der Waals surface area contributed by atoms with Crippen LogP contribution < -0.4 is 5.73 Å². The first-order chi connectivity index (χ1) is 10.2. The van der Waals surface area contributed by atoms with Crippen LogP contribution in [0.15, 0.2) is 24.3 Å². The molecule has 3 rings (SSSR count). The van der Waals surface area contributed by atoms with Crippen LogP contribution in [0.3, 0.4) is 0 Å². The highest BCUT2D eigenvalue weighted by molar-refractivity contribution is 7.18. The molecule has 21 heavy (non-hydrogen) atoms. The van der Waals surface area contributed by atoms with Crippen LogP contribution in [0.1, 0.15) is 50.6 Å². The van der Waals surface area contributed by atoms with Crippen molar-refractivity contribution in [2.75, 3.05) is 6.54 Å². The van der Waals surface area contributed by atoms with Gasteiger partial charge in [-0.25, -0.2) is 4.98 Å². The summed E-state index contributed by atoms with van der Waals surface area (Å²) in [6.45, 7) is 5.64. The van der Waals surface area contributed by atoms with Crippen molar-refractivity contribution < 1.29 is 0 Å². The summed E-state index contributed by atoms with van der Waals surface area (Å²) in [6.07, 6.45) is 4.77. The second-order valence-electron chi connectivity index (χ2n) is 6.09. The second-order valence-corrected chi connectivity index (χ2v) is 7.16. The van der Waals surface area contributed by atoms with Crippen LogP contribution in [0, 0.1) is 0 Å². The topological polar surface area (TPSA) is 42.1 Å². The predicted molar refractivity (Wildman–Crippen MR) is 90.6 cm³/mol. The van der Waals surface area contributed by atoms with Crippen LogP contribution in [0.4, 0.5) is 0 Å². The Kier molecular flexibility index (Phi) is 4.57. The van der Waals surface area contributed by atoms with Crippen molar-refractivity contribution in [2.24, 2.45) is 5.73 Å². The van der Waals surface area contributed by atoms with Gasteiger partial charge in [-0.15, -0.1) is 11.3 Å². The van der Waals surface area contributed by atoms with E-state index in [-0.39, 0.29) is 0 Å². The largest absolute Gasteiger partial charge is 0.328 e. The SMILES string of the molecule is CCN(C1CCC(N)CC1)C(C)c1nc2ccccc2s1. The number of benzene rings is 1. The van der Waals surface area contributed by atoms with Gasteiger partial charge in [0.1, 0.15) is 5.01 Å². The van der Waals surface area contributed by atoms with Crippen LogP contribution in [0.2, 0.25) is 0 Å². The number of thiazole rings is 1. The fourth-order valence-corrected chi connectivity index (χ4v) is 4.53. The summed E-state index contributed by atoms with van der Waals surface area (Å²) in [5.41, 5.74) is 7.18. The zero-order valence-corrected chi connectivity index (χ0v) is 13.8. The average Bonchev–Trinajstić information content (AvgIpc) is 2.93. The molecule has 1 aliphatic carbocycles. The highest BCUT2D eigenvalue weighted by atomic mass is 32.1. The third-order valence-corrected chi connectivity index (χ3v) is 5.95. The molecule has 1 fully saturated rings. The van der Waals surface area contributed by atoms with Gasteiger partial charge in [0.2, 0.25) is 0 Å². The van der Waals surface area contributed by atoms with Gasteiger partial charge in [0.15, 0.2) is 0 Å². The Balaban J connectivity index is 1.79. The lowest BCUT2D eigenvalue weighted by Crippen LogP contribution is -2.42. The van der Waals surface area contributed by atoms with Crippen LogP contribution >= 0.6 is 11.3 Å². The molecule has 1 saturated carbocycles. The fraction of sp³-hybridized carbons (Fsp3) is 0.588. The molecule has 114 valence electrons. The van der Waals surface area contributed by atoms with Crippen molar-refractivity contribution in [3.8, 4) is 0 Å². The van der Waals surface area contributed by atoms with Crippen molar-refractivity contribution in [1.29, 1.82) is 0 Å². The Labute approximate surface area is 131 Å². The predicted octanol–water partition coefficient (Wildman–Crippen LogP) is 3.95. The molecule has 1 aromatic heterocycles. The Bertz CT molecular complexity index is 553. The summed E-state index contributed by atoms with van der Waals surface area (Å²) in [4.78, 5) is 7.46. The standard InChI is InChI=1S/C17H25N3S/c1-3-20(14-10-8-13(18)9-11-14)12(2)17-19-15-6-4-5-7-16(15)21-17/h4-7,12-14H,3,8-11,18H2,1-2H3. The van der Waals surface area contributed by atoms with Gasteiger partial charge >= 0.3 is 0 Å². The molecule has 3 nitrogen and oxygen atoms in total. The Hall–Kier alpha value is -0.970. The number of nitrogens with two attached hydrogens (primary N) is 1. The number of aromatic nitrogens is 1. The summed E-state index contributed by atoms with van der Waals surface area (Å²) in [5.74, 6) is 0. The number of para-hydroxylation sites is 1. The maximum absolute atomic E-state index is 6.05. The third-order valence-electron chi connectivity index (χ3n) is 4.74. The molecule has 0 radical (unpaired) electrons. The van der Waals surface area contributed by atoms with E-state index in [0.717, 1.165) is 24.9 Å². The van der Waals surface area contributed by atoms with E-state index in [2.05, 4.69) is 43.0 Å². The molecule has 0 spiro atoms. The maximum Gasteiger partial charge on any atom is 0.111 e. The third kappa shape index (κ3) is 3.12. The molecular weight excluding hydrogens is 278 g/mol. The first kappa shape index (κ1) is 14.9. The zero-order valence-electron chi connectivity index (χ0n) is 13.0. The molecule has 1 aliphatic rings. The number of rotatable bonds is 4. The highest BCUT2D eigenvalue weighted by Crippen LogP contribution is 2.33. The van der Waals surface area contributed by atoms with Crippen LogP contribution in [-0.2, 0) is 0 Å². The lowest BCUT2D eigenvalue weighted by Gasteiger charge is -2.38. The number of hydrogen-bond acceptors (Lipinski definition) is 4. The maximum atomic E-state index is 6.05. The summed E-state index contributed by atoms with van der Waals surface area (Å²) >= 11 is 1.84. The van der Waals surface area contributed by atoms with Gasteiger partial charge in [-0.3, -0.25) is 4.90 Å². The first-order valence-corrected chi connectivity index (χ1v) is 8.87. The lowest BCUT2D eigenvalue weighted by atomic mass is 9.90. The number of fused-ring (bicyclic) bond motifs is 1. The van der Waals surface area contributed by atoms with Gasteiger partial charge in [-0.05, 0) is 51.3 Å². The van der Waals surface area contributed by atoms with Gasteiger partial charge in [0.05, 0.1) is 16.3 Å². The van der Waals surface area contributed by atoms with Gasteiger partial charge < -0.3 is 5.73 Å². The molecule has 0 amide bonds. The number of nitrogens with zero attached hydrogens (tertiary/aromatic N) is 2. The van der Waals surface area contributed by atoms with Gasteiger partial charge in [-0.2, -0.15) is 0 Å². The molecule has 1 heterocycles. The van der Waals surface area contributed by atoms with E-state index >= 15 is 0 Å². The molecule has 1 aromatic carbocycles. The normalized spacial score (nSPS) is 24.6.